The van der Waals surface area contributed by atoms with E-state index in [1.54, 1.807) is 24.1 Å². The van der Waals surface area contributed by atoms with Crippen LogP contribution in [-0.4, -0.2) is 48.2 Å². The molecule has 0 saturated carbocycles. The van der Waals surface area contributed by atoms with Crippen molar-refractivity contribution < 1.29 is 19.4 Å². The summed E-state index contributed by atoms with van der Waals surface area (Å²) in [6.45, 7) is 1.27. The predicted molar refractivity (Wildman–Crippen MR) is 64.7 cm³/mol. The lowest BCUT2D eigenvalue weighted by Gasteiger charge is -2.16. The lowest BCUT2D eigenvalue weighted by molar-refractivity contribution is 0.0692. The molecule has 0 spiro atoms. The summed E-state index contributed by atoms with van der Waals surface area (Å²) in [5, 5.41) is 8.78. The first kappa shape index (κ1) is 12.6. The molecule has 1 amide bonds. The monoisotopic (exact) mass is 249 g/mol. The molecule has 1 N–H and O–H groups in total. The summed E-state index contributed by atoms with van der Waals surface area (Å²) in [5.41, 5.74) is 0.694. The molecule has 0 radical (unpaired) electrons. The zero-order valence-corrected chi connectivity index (χ0v) is 10.1. The average Bonchev–Trinajstić information content (AvgIpc) is 2.86. The number of rotatable bonds is 3. The Bertz CT molecular complexity index is 455. The average molecular weight is 249 g/mol. The number of methoxy groups -OCH3 is 1. The number of hydrogen-bond donors (Lipinski definition) is 1. The highest BCUT2D eigenvalue weighted by atomic mass is 16.5. The third-order valence-electron chi connectivity index (χ3n) is 3.14. The summed E-state index contributed by atoms with van der Waals surface area (Å²) in [6.07, 6.45) is 0.947. The fraction of sp³-hybridized carbons (Fsp3) is 0.385. The number of likely N-dealkylation sites (tertiary alicyclic amines) is 1. The normalized spacial score (nSPS) is 18.9. The molecule has 1 saturated heterocycles. The highest BCUT2D eigenvalue weighted by molar-refractivity contribution is 5.96. The molecule has 0 aliphatic carbocycles. The molecule has 5 heteroatoms. The number of carbonyl (C=O) groups excluding carboxylic acids is 1. The first-order valence-corrected chi connectivity index (χ1v) is 5.77. The Kier molecular flexibility index (Phi) is 3.62. The van der Waals surface area contributed by atoms with E-state index in [9.17, 15) is 9.59 Å². The van der Waals surface area contributed by atoms with Gasteiger partial charge in [0.1, 0.15) is 0 Å². The summed E-state index contributed by atoms with van der Waals surface area (Å²) in [6, 6.07) is 5.98. The van der Waals surface area contributed by atoms with E-state index in [1.165, 1.54) is 12.1 Å². The van der Waals surface area contributed by atoms with Crippen LogP contribution in [0.5, 0.6) is 0 Å². The second kappa shape index (κ2) is 5.18. The van der Waals surface area contributed by atoms with Gasteiger partial charge < -0.3 is 14.7 Å². The van der Waals surface area contributed by atoms with Gasteiger partial charge in [-0.15, -0.1) is 0 Å². The molecule has 0 aromatic heterocycles. The molecule has 1 aromatic carbocycles. The lowest BCUT2D eigenvalue weighted by atomic mass is 10.1. The Balaban J connectivity index is 2.07. The smallest absolute Gasteiger partial charge is 0.335 e. The van der Waals surface area contributed by atoms with Crippen LogP contribution in [0.3, 0.4) is 0 Å². The number of carboxylic acids is 1. The van der Waals surface area contributed by atoms with Crippen LogP contribution < -0.4 is 0 Å². The van der Waals surface area contributed by atoms with Crippen molar-refractivity contribution in [2.45, 2.75) is 12.5 Å². The van der Waals surface area contributed by atoms with E-state index in [1.807, 2.05) is 0 Å². The second-order valence-corrected chi connectivity index (χ2v) is 4.28. The third kappa shape index (κ3) is 2.51. The van der Waals surface area contributed by atoms with Gasteiger partial charge in [0.05, 0.1) is 11.7 Å². The maximum Gasteiger partial charge on any atom is 0.335 e. The molecule has 1 heterocycles. The second-order valence-electron chi connectivity index (χ2n) is 4.28. The molecule has 0 bridgehead atoms. The number of benzene rings is 1. The van der Waals surface area contributed by atoms with E-state index in [0.717, 1.165) is 6.42 Å². The standard InChI is InChI=1S/C13H15NO4/c1-18-11-6-7-14(8-11)12(15)9-2-4-10(5-3-9)13(16)17/h2-5,11H,6-8H2,1H3,(H,16,17). The van der Waals surface area contributed by atoms with Crippen LogP contribution in [0.1, 0.15) is 27.1 Å². The largest absolute Gasteiger partial charge is 0.478 e. The summed E-state index contributed by atoms with van der Waals surface area (Å²) in [7, 11) is 1.64. The molecule has 1 atom stereocenters. The number of amides is 1. The number of hydrogen-bond acceptors (Lipinski definition) is 3. The van der Waals surface area contributed by atoms with Crippen LogP contribution in [0.15, 0.2) is 24.3 Å². The molecule has 2 rings (SSSR count). The van der Waals surface area contributed by atoms with Gasteiger partial charge in [0, 0.05) is 25.8 Å². The van der Waals surface area contributed by atoms with Gasteiger partial charge in [0.25, 0.3) is 5.91 Å². The van der Waals surface area contributed by atoms with E-state index < -0.39 is 5.97 Å². The lowest BCUT2D eigenvalue weighted by Crippen LogP contribution is -2.29. The Morgan fingerprint density at radius 2 is 1.89 bits per heavy atom. The number of nitrogens with zero attached hydrogens (tertiary/aromatic N) is 1. The van der Waals surface area contributed by atoms with Crippen LogP contribution >= 0.6 is 0 Å². The Hall–Kier alpha value is -1.88. The topological polar surface area (TPSA) is 66.8 Å². The van der Waals surface area contributed by atoms with E-state index in [4.69, 9.17) is 9.84 Å². The van der Waals surface area contributed by atoms with E-state index in [0.29, 0.717) is 18.7 Å². The maximum absolute atomic E-state index is 12.1. The van der Waals surface area contributed by atoms with Crippen LogP contribution in [-0.2, 0) is 4.74 Å². The van der Waals surface area contributed by atoms with Crippen molar-refractivity contribution in [3.8, 4) is 0 Å². The molecule has 1 unspecified atom stereocenters. The minimum absolute atomic E-state index is 0.0773. The van der Waals surface area contributed by atoms with Gasteiger partial charge in [-0.05, 0) is 30.7 Å². The molecular formula is C13H15NO4. The summed E-state index contributed by atoms with van der Waals surface area (Å²) < 4.78 is 5.21. The van der Waals surface area contributed by atoms with Crippen molar-refractivity contribution in [2.75, 3.05) is 20.2 Å². The van der Waals surface area contributed by atoms with Crippen LogP contribution in [0, 0.1) is 0 Å². The first-order valence-electron chi connectivity index (χ1n) is 5.77. The van der Waals surface area contributed by atoms with Crippen molar-refractivity contribution in [1.82, 2.24) is 4.90 Å². The SMILES string of the molecule is COC1CCN(C(=O)c2ccc(C(=O)O)cc2)C1. The summed E-state index contributed by atoms with van der Waals surface area (Å²) in [5.74, 6) is -1.07. The molecule has 1 aromatic rings. The van der Waals surface area contributed by atoms with Crippen LogP contribution in [0.4, 0.5) is 0 Å². The fourth-order valence-corrected chi connectivity index (χ4v) is 2.04. The Labute approximate surface area is 105 Å². The minimum atomic E-state index is -0.991. The zero-order chi connectivity index (χ0) is 13.1. The van der Waals surface area contributed by atoms with Crippen molar-refractivity contribution in [3.63, 3.8) is 0 Å². The van der Waals surface area contributed by atoms with Gasteiger partial charge >= 0.3 is 5.97 Å². The molecule has 1 aliphatic heterocycles. The van der Waals surface area contributed by atoms with Crippen LogP contribution in [0.25, 0.3) is 0 Å². The number of carbonyl (C=O) groups is 2. The quantitative estimate of drug-likeness (QED) is 0.875. The predicted octanol–water partition coefficient (Wildman–Crippen LogP) is 1.25. The summed E-state index contributed by atoms with van der Waals surface area (Å²) in [4.78, 5) is 24.5. The van der Waals surface area contributed by atoms with Gasteiger partial charge in [-0.2, -0.15) is 0 Å². The Morgan fingerprint density at radius 1 is 1.28 bits per heavy atom. The molecule has 96 valence electrons. The number of ether oxygens (including phenoxy) is 1. The van der Waals surface area contributed by atoms with Crippen LogP contribution in [0.2, 0.25) is 0 Å². The highest BCUT2D eigenvalue weighted by Crippen LogP contribution is 2.16. The van der Waals surface area contributed by atoms with Crippen molar-refractivity contribution in [2.24, 2.45) is 0 Å². The number of carboxylic acid groups (broad SMARTS) is 1. The van der Waals surface area contributed by atoms with E-state index >= 15 is 0 Å². The van der Waals surface area contributed by atoms with Crippen molar-refractivity contribution in [3.05, 3.63) is 35.4 Å². The van der Waals surface area contributed by atoms with E-state index in [-0.39, 0.29) is 17.6 Å². The van der Waals surface area contributed by atoms with E-state index in [2.05, 4.69) is 0 Å². The molecule has 18 heavy (non-hydrogen) atoms. The zero-order valence-electron chi connectivity index (χ0n) is 10.1. The van der Waals surface area contributed by atoms with Crippen molar-refractivity contribution in [1.29, 1.82) is 0 Å². The summed E-state index contributed by atoms with van der Waals surface area (Å²) >= 11 is 0. The Morgan fingerprint density at radius 3 is 2.39 bits per heavy atom. The molecule has 5 nitrogen and oxygen atoms in total. The highest BCUT2D eigenvalue weighted by Gasteiger charge is 2.26. The van der Waals surface area contributed by atoms with Gasteiger partial charge in [-0.25, -0.2) is 4.79 Å². The van der Waals surface area contributed by atoms with Crippen molar-refractivity contribution >= 4 is 11.9 Å². The van der Waals surface area contributed by atoms with Gasteiger partial charge in [-0.1, -0.05) is 0 Å². The first-order chi connectivity index (χ1) is 8.61. The number of aromatic carboxylic acids is 1. The minimum Gasteiger partial charge on any atom is -0.478 e. The van der Waals surface area contributed by atoms with Gasteiger partial charge in [0.2, 0.25) is 0 Å². The molecule has 1 aliphatic rings. The molecule has 1 fully saturated rings. The van der Waals surface area contributed by atoms with Gasteiger partial charge in [-0.3, -0.25) is 4.79 Å². The maximum atomic E-state index is 12.1. The fourth-order valence-electron chi connectivity index (χ4n) is 2.04. The third-order valence-corrected chi connectivity index (χ3v) is 3.14. The van der Waals surface area contributed by atoms with Gasteiger partial charge in [0.15, 0.2) is 0 Å². The molecular weight excluding hydrogens is 234 g/mol.